The van der Waals surface area contributed by atoms with Gasteiger partial charge in [0.2, 0.25) is 0 Å². The molecule has 0 amide bonds. The number of benzene rings is 3. The number of ether oxygens (including phenoxy) is 4. The predicted molar refractivity (Wildman–Crippen MR) is 116 cm³/mol. The van der Waals surface area contributed by atoms with Gasteiger partial charge in [-0.3, -0.25) is 0 Å². The molecule has 5 heteroatoms. The molecule has 0 saturated carbocycles. The summed E-state index contributed by atoms with van der Waals surface area (Å²) in [6, 6.07) is 22.1. The van der Waals surface area contributed by atoms with Gasteiger partial charge in [-0.15, -0.1) is 0 Å². The molecule has 0 aliphatic rings. The van der Waals surface area contributed by atoms with Crippen LogP contribution in [-0.2, 0) is 4.74 Å². The van der Waals surface area contributed by atoms with E-state index in [0.717, 1.165) is 16.9 Å². The van der Waals surface area contributed by atoms with E-state index in [1.165, 1.54) is 0 Å². The van der Waals surface area contributed by atoms with Gasteiger partial charge in [-0.05, 0) is 73.5 Å². The maximum atomic E-state index is 12.4. The molecule has 0 aromatic heterocycles. The number of rotatable bonds is 9. The van der Waals surface area contributed by atoms with E-state index in [1.54, 1.807) is 43.5 Å². The van der Waals surface area contributed by atoms with Crippen LogP contribution in [0, 0.1) is 0 Å². The van der Waals surface area contributed by atoms with Crippen molar-refractivity contribution in [2.45, 2.75) is 20.0 Å². The van der Waals surface area contributed by atoms with Gasteiger partial charge in [-0.25, -0.2) is 4.79 Å². The molecule has 0 spiro atoms. The van der Waals surface area contributed by atoms with E-state index in [-0.39, 0.29) is 6.10 Å². The van der Waals surface area contributed by atoms with Gasteiger partial charge in [0.15, 0.2) is 0 Å². The van der Waals surface area contributed by atoms with Crippen LogP contribution in [0.4, 0.5) is 0 Å². The summed E-state index contributed by atoms with van der Waals surface area (Å²) in [5, 5.41) is 0. The Balaban J connectivity index is 1.55. The zero-order chi connectivity index (χ0) is 21.3. The highest BCUT2D eigenvalue weighted by Gasteiger charge is 2.09. The number of methoxy groups -OCH3 is 1. The minimum Gasteiger partial charge on any atom is -0.497 e. The lowest BCUT2D eigenvalue weighted by molar-refractivity contribution is 0.0552. The number of carbonyl (C=O) groups excluding carboxylic acids is 1. The smallest absolute Gasteiger partial charge is 0.343 e. The van der Waals surface area contributed by atoms with E-state index in [4.69, 9.17) is 18.9 Å². The largest absolute Gasteiger partial charge is 0.497 e. The van der Waals surface area contributed by atoms with Crippen LogP contribution in [0.3, 0.4) is 0 Å². The summed E-state index contributed by atoms with van der Waals surface area (Å²) < 4.78 is 21.7. The summed E-state index contributed by atoms with van der Waals surface area (Å²) in [5.41, 5.74) is 2.54. The Hall–Kier alpha value is -3.31. The third kappa shape index (κ3) is 6.09. The second-order valence-electron chi connectivity index (χ2n) is 6.93. The Morgan fingerprint density at radius 3 is 1.80 bits per heavy atom. The zero-order valence-corrected chi connectivity index (χ0v) is 17.5. The van der Waals surface area contributed by atoms with E-state index in [1.807, 2.05) is 50.2 Å². The van der Waals surface area contributed by atoms with E-state index < -0.39 is 5.97 Å². The molecule has 0 unspecified atom stereocenters. The summed E-state index contributed by atoms with van der Waals surface area (Å²) >= 11 is 0. The minimum absolute atomic E-state index is 0.177. The lowest BCUT2D eigenvalue weighted by Gasteiger charge is -2.10. The van der Waals surface area contributed by atoms with Gasteiger partial charge < -0.3 is 18.9 Å². The van der Waals surface area contributed by atoms with Gasteiger partial charge in [-0.2, -0.15) is 0 Å². The first-order valence-electron chi connectivity index (χ1n) is 9.86. The molecule has 0 atom stereocenters. The van der Waals surface area contributed by atoms with Crippen molar-refractivity contribution in [3.63, 3.8) is 0 Å². The topological polar surface area (TPSA) is 54.0 Å². The Labute approximate surface area is 177 Å². The van der Waals surface area contributed by atoms with E-state index in [0.29, 0.717) is 30.3 Å². The summed E-state index contributed by atoms with van der Waals surface area (Å²) in [7, 11) is 1.64. The second-order valence-corrected chi connectivity index (χ2v) is 6.93. The second kappa shape index (κ2) is 10.5. The standard InChI is InChI=1S/C25H26O5/c1-18(2)28-16-17-29-23-12-8-21(9-13-23)25(26)30-24-14-6-20(7-15-24)19-4-10-22(27-3)11-5-19/h4-15,18H,16-17H2,1-3H3. The molecule has 0 aliphatic carbocycles. The van der Waals surface area contributed by atoms with Gasteiger partial charge in [-0.1, -0.05) is 24.3 Å². The summed E-state index contributed by atoms with van der Waals surface area (Å²) in [6.45, 7) is 4.94. The number of carbonyl (C=O) groups is 1. The maximum absolute atomic E-state index is 12.4. The molecule has 0 aliphatic heterocycles. The van der Waals surface area contributed by atoms with Crippen molar-refractivity contribution in [2.75, 3.05) is 20.3 Å². The fraction of sp³-hybridized carbons (Fsp3) is 0.240. The fourth-order valence-electron chi connectivity index (χ4n) is 2.80. The van der Waals surface area contributed by atoms with Crippen LogP contribution in [0.15, 0.2) is 72.8 Å². The quantitative estimate of drug-likeness (QED) is 0.271. The van der Waals surface area contributed by atoms with Gasteiger partial charge in [0.25, 0.3) is 0 Å². The van der Waals surface area contributed by atoms with Gasteiger partial charge in [0.1, 0.15) is 23.9 Å². The number of esters is 1. The molecule has 0 N–H and O–H groups in total. The first kappa shape index (κ1) is 21.4. The number of hydrogen-bond acceptors (Lipinski definition) is 5. The molecule has 0 saturated heterocycles. The Kier molecular flexibility index (Phi) is 7.46. The summed E-state index contributed by atoms with van der Waals surface area (Å²) in [5.74, 6) is 1.57. The summed E-state index contributed by atoms with van der Waals surface area (Å²) in [4.78, 5) is 12.4. The van der Waals surface area contributed by atoms with E-state index in [9.17, 15) is 4.79 Å². The molecule has 156 valence electrons. The van der Waals surface area contributed by atoms with Crippen LogP contribution >= 0.6 is 0 Å². The van der Waals surface area contributed by atoms with Crippen LogP contribution < -0.4 is 14.2 Å². The first-order chi connectivity index (χ1) is 14.5. The molecule has 3 aromatic carbocycles. The van der Waals surface area contributed by atoms with Crippen LogP contribution in [0.2, 0.25) is 0 Å². The van der Waals surface area contributed by atoms with Crippen molar-refractivity contribution in [2.24, 2.45) is 0 Å². The Bertz CT molecular complexity index is 929. The predicted octanol–water partition coefficient (Wildman–Crippen LogP) is 5.39. The zero-order valence-electron chi connectivity index (χ0n) is 17.5. The SMILES string of the molecule is COc1ccc(-c2ccc(OC(=O)c3ccc(OCCOC(C)C)cc3)cc2)cc1. The van der Waals surface area contributed by atoms with Gasteiger partial charge >= 0.3 is 5.97 Å². The molecular weight excluding hydrogens is 380 g/mol. The van der Waals surface area contributed by atoms with Gasteiger partial charge in [0.05, 0.1) is 25.4 Å². The minimum atomic E-state index is -0.415. The van der Waals surface area contributed by atoms with E-state index >= 15 is 0 Å². The number of hydrogen-bond donors (Lipinski definition) is 0. The van der Waals surface area contributed by atoms with Crippen molar-refractivity contribution < 1.29 is 23.7 Å². The fourth-order valence-corrected chi connectivity index (χ4v) is 2.80. The lowest BCUT2D eigenvalue weighted by Crippen LogP contribution is -2.11. The average Bonchev–Trinajstić information content (AvgIpc) is 2.77. The lowest BCUT2D eigenvalue weighted by atomic mass is 10.1. The van der Waals surface area contributed by atoms with Crippen LogP contribution in [0.25, 0.3) is 11.1 Å². The van der Waals surface area contributed by atoms with Crippen molar-refractivity contribution in [3.05, 3.63) is 78.4 Å². The third-order valence-electron chi connectivity index (χ3n) is 4.38. The maximum Gasteiger partial charge on any atom is 0.343 e. The molecular formula is C25H26O5. The highest BCUT2D eigenvalue weighted by Crippen LogP contribution is 2.25. The van der Waals surface area contributed by atoms with Gasteiger partial charge in [0, 0.05) is 0 Å². The molecule has 30 heavy (non-hydrogen) atoms. The first-order valence-corrected chi connectivity index (χ1v) is 9.86. The van der Waals surface area contributed by atoms with Crippen molar-refractivity contribution in [3.8, 4) is 28.4 Å². The van der Waals surface area contributed by atoms with Crippen molar-refractivity contribution in [1.29, 1.82) is 0 Å². The molecule has 0 bridgehead atoms. The van der Waals surface area contributed by atoms with Crippen LogP contribution in [-0.4, -0.2) is 32.4 Å². The normalized spacial score (nSPS) is 10.7. The molecule has 5 nitrogen and oxygen atoms in total. The molecule has 0 heterocycles. The average molecular weight is 406 g/mol. The van der Waals surface area contributed by atoms with Crippen molar-refractivity contribution in [1.82, 2.24) is 0 Å². The molecule has 0 fully saturated rings. The molecule has 3 rings (SSSR count). The van der Waals surface area contributed by atoms with Crippen LogP contribution in [0.1, 0.15) is 24.2 Å². The molecule has 0 radical (unpaired) electrons. The highest BCUT2D eigenvalue weighted by atomic mass is 16.5. The van der Waals surface area contributed by atoms with Crippen LogP contribution in [0.5, 0.6) is 17.2 Å². The van der Waals surface area contributed by atoms with Crippen molar-refractivity contribution >= 4 is 5.97 Å². The monoisotopic (exact) mass is 406 g/mol. The highest BCUT2D eigenvalue weighted by molar-refractivity contribution is 5.91. The van der Waals surface area contributed by atoms with E-state index in [2.05, 4.69) is 0 Å². The third-order valence-corrected chi connectivity index (χ3v) is 4.38. The Morgan fingerprint density at radius 2 is 1.27 bits per heavy atom. The Morgan fingerprint density at radius 1 is 0.733 bits per heavy atom. The summed E-state index contributed by atoms with van der Waals surface area (Å²) in [6.07, 6.45) is 0.177. The molecule has 3 aromatic rings.